The first-order valence-electron chi connectivity index (χ1n) is 9.54. The normalized spacial score (nSPS) is 26.7. The summed E-state index contributed by atoms with van der Waals surface area (Å²) in [6, 6.07) is 5.93. The molecule has 0 unspecified atom stereocenters. The first-order chi connectivity index (χ1) is 12.1. The van der Waals surface area contributed by atoms with Crippen molar-refractivity contribution in [2.45, 2.75) is 57.4 Å². The van der Waals surface area contributed by atoms with Crippen LogP contribution < -0.4 is 4.90 Å². The molecule has 0 bridgehead atoms. The number of benzene rings is 1. The van der Waals surface area contributed by atoms with Crippen molar-refractivity contribution in [2.24, 2.45) is 5.92 Å². The Morgan fingerprint density at radius 3 is 2.64 bits per heavy atom. The van der Waals surface area contributed by atoms with E-state index in [1.165, 1.54) is 0 Å². The summed E-state index contributed by atoms with van der Waals surface area (Å²) in [5.74, 6) is 0.376. The van der Waals surface area contributed by atoms with Gasteiger partial charge in [0.2, 0.25) is 11.8 Å². The van der Waals surface area contributed by atoms with Crippen molar-refractivity contribution in [3.8, 4) is 0 Å². The fraction of sp³-hybridized carbons (Fsp3) is 0.600. The van der Waals surface area contributed by atoms with Crippen LogP contribution in [0.25, 0.3) is 0 Å². The average Bonchev–Trinajstić information content (AvgIpc) is 3.06. The quantitative estimate of drug-likeness (QED) is 0.804. The lowest BCUT2D eigenvalue weighted by atomic mass is 9.82. The maximum absolute atomic E-state index is 13.4. The average molecular weight is 361 g/mol. The van der Waals surface area contributed by atoms with E-state index in [1.54, 1.807) is 0 Å². The molecule has 4 nitrogen and oxygen atoms in total. The van der Waals surface area contributed by atoms with Gasteiger partial charge in [-0.15, -0.1) is 0 Å². The zero-order valence-electron chi connectivity index (χ0n) is 14.5. The number of rotatable bonds is 2. The number of aryl methyl sites for hydroxylation is 1. The maximum Gasteiger partial charge on any atom is 0.232 e. The van der Waals surface area contributed by atoms with Gasteiger partial charge in [0.1, 0.15) is 0 Å². The summed E-state index contributed by atoms with van der Waals surface area (Å²) in [6.45, 7) is 1.59. The van der Waals surface area contributed by atoms with Gasteiger partial charge in [0.15, 0.2) is 0 Å². The molecule has 0 N–H and O–H groups in total. The smallest absolute Gasteiger partial charge is 0.232 e. The molecular formula is C20H25ClN2O2. The van der Waals surface area contributed by atoms with Crippen LogP contribution in [0.2, 0.25) is 5.02 Å². The van der Waals surface area contributed by atoms with Gasteiger partial charge in [-0.1, -0.05) is 24.4 Å². The molecule has 2 atom stereocenters. The van der Waals surface area contributed by atoms with Gasteiger partial charge < -0.3 is 9.80 Å². The predicted molar refractivity (Wildman–Crippen MR) is 98.8 cm³/mol. The molecule has 0 radical (unpaired) electrons. The van der Waals surface area contributed by atoms with Crippen molar-refractivity contribution >= 4 is 29.1 Å². The van der Waals surface area contributed by atoms with Gasteiger partial charge in [0, 0.05) is 36.3 Å². The Morgan fingerprint density at radius 1 is 1.04 bits per heavy atom. The van der Waals surface area contributed by atoms with Crippen LogP contribution in [0.15, 0.2) is 18.2 Å². The predicted octanol–water partition coefficient (Wildman–Crippen LogP) is 3.80. The number of hydrogen-bond acceptors (Lipinski definition) is 2. The number of hydrogen-bond donors (Lipinski definition) is 0. The SMILES string of the molecule is O=C([C@@H]1CCCC[C@@H]1N1CCCC1=O)N1CCCc2cc(Cl)ccc21. The molecule has 2 aliphatic heterocycles. The number of likely N-dealkylation sites (tertiary alicyclic amines) is 1. The van der Waals surface area contributed by atoms with Crippen LogP contribution >= 0.6 is 11.6 Å². The van der Waals surface area contributed by atoms with Gasteiger partial charge in [0.05, 0.1) is 5.92 Å². The summed E-state index contributed by atoms with van der Waals surface area (Å²) in [6.07, 6.45) is 7.57. The molecule has 1 aromatic rings. The summed E-state index contributed by atoms with van der Waals surface area (Å²) in [5, 5.41) is 0.728. The maximum atomic E-state index is 13.4. The Bertz CT molecular complexity index is 690. The first-order valence-corrected chi connectivity index (χ1v) is 9.92. The molecular weight excluding hydrogens is 336 g/mol. The lowest BCUT2D eigenvalue weighted by molar-refractivity contribution is -0.134. The second kappa shape index (κ2) is 6.99. The van der Waals surface area contributed by atoms with Gasteiger partial charge in [-0.05, 0) is 55.9 Å². The number of fused-ring (bicyclic) bond motifs is 1. The van der Waals surface area contributed by atoms with Gasteiger partial charge in [0.25, 0.3) is 0 Å². The number of halogens is 1. The van der Waals surface area contributed by atoms with Crippen LogP contribution in [0.1, 0.15) is 50.5 Å². The Labute approximate surface area is 154 Å². The number of anilines is 1. The minimum absolute atomic E-state index is 0.0579. The molecule has 25 heavy (non-hydrogen) atoms. The fourth-order valence-electron chi connectivity index (χ4n) is 4.79. The third kappa shape index (κ3) is 3.17. The molecule has 1 aliphatic carbocycles. The molecule has 0 spiro atoms. The van der Waals surface area contributed by atoms with Crippen molar-refractivity contribution in [3.05, 3.63) is 28.8 Å². The Balaban J connectivity index is 1.60. The molecule has 2 fully saturated rings. The van der Waals surface area contributed by atoms with Crippen LogP contribution in [-0.2, 0) is 16.0 Å². The topological polar surface area (TPSA) is 40.6 Å². The van der Waals surface area contributed by atoms with Crippen molar-refractivity contribution in [1.29, 1.82) is 0 Å². The van der Waals surface area contributed by atoms with Crippen LogP contribution in [0, 0.1) is 5.92 Å². The Kier molecular flexibility index (Phi) is 4.72. The van der Waals surface area contributed by atoms with Crippen LogP contribution in [0.5, 0.6) is 0 Å². The van der Waals surface area contributed by atoms with Gasteiger partial charge in [-0.3, -0.25) is 9.59 Å². The highest BCUT2D eigenvalue weighted by Gasteiger charge is 2.41. The summed E-state index contributed by atoms with van der Waals surface area (Å²) < 4.78 is 0. The number of carbonyl (C=O) groups excluding carboxylic acids is 2. The zero-order chi connectivity index (χ0) is 17.4. The van der Waals surface area contributed by atoms with Crippen molar-refractivity contribution in [1.82, 2.24) is 4.90 Å². The van der Waals surface area contributed by atoms with Gasteiger partial charge in [-0.2, -0.15) is 0 Å². The minimum Gasteiger partial charge on any atom is -0.339 e. The van der Waals surface area contributed by atoms with Crippen LogP contribution in [-0.4, -0.2) is 35.8 Å². The summed E-state index contributed by atoms with van der Waals surface area (Å²) in [5.41, 5.74) is 2.18. The van der Waals surface area contributed by atoms with Crippen molar-refractivity contribution in [3.63, 3.8) is 0 Å². The summed E-state index contributed by atoms with van der Waals surface area (Å²) >= 11 is 6.13. The first kappa shape index (κ1) is 16.9. The van der Waals surface area contributed by atoms with E-state index in [-0.39, 0.29) is 23.8 Å². The number of amides is 2. The second-order valence-electron chi connectivity index (χ2n) is 7.52. The number of carbonyl (C=O) groups is 2. The highest BCUT2D eigenvalue weighted by molar-refractivity contribution is 6.30. The third-order valence-electron chi connectivity index (χ3n) is 5.98. The molecule has 1 aromatic carbocycles. The Hall–Kier alpha value is -1.55. The van der Waals surface area contributed by atoms with E-state index in [4.69, 9.17) is 11.6 Å². The standard InChI is InChI=1S/C20H25ClN2O2/c21-15-9-10-17-14(13-15)5-3-12-23(17)20(25)16-6-1-2-7-18(16)22-11-4-8-19(22)24/h9-10,13,16,18H,1-8,11-12H2/t16-,18+/m1/s1. The molecule has 3 aliphatic rings. The van der Waals surface area contributed by atoms with Crippen LogP contribution in [0.3, 0.4) is 0 Å². The van der Waals surface area contributed by atoms with E-state index in [1.807, 2.05) is 28.0 Å². The largest absolute Gasteiger partial charge is 0.339 e. The van der Waals surface area contributed by atoms with E-state index >= 15 is 0 Å². The lowest BCUT2D eigenvalue weighted by Crippen LogP contribution is -2.51. The monoisotopic (exact) mass is 360 g/mol. The van der Waals surface area contributed by atoms with E-state index < -0.39 is 0 Å². The third-order valence-corrected chi connectivity index (χ3v) is 6.22. The van der Waals surface area contributed by atoms with E-state index in [2.05, 4.69) is 0 Å². The van der Waals surface area contributed by atoms with Gasteiger partial charge >= 0.3 is 0 Å². The second-order valence-corrected chi connectivity index (χ2v) is 7.95. The lowest BCUT2D eigenvalue weighted by Gasteiger charge is -2.40. The number of nitrogens with zero attached hydrogens (tertiary/aromatic N) is 2. The van der Waals surface area contributed by atoms with Crippen molar-refractivity contribution < 1.29 is 9.59 Å². The Morgan fingerprint density at radius 2 is 1.84 bits per heavy atom. The molecule has 2 heterocycles. The molecule has 4 rings (SSSR count). The fourth-order valence-corrected chi connectivity index (χ4v) is 4.98. The van der Waals surface area contributed by atoms with E-state index in [9.17, 15) is 9.59 Å². The summed E-state index contributed by atoms with van der Waals surface area (Å²) in [7, 11) is 0. The minimum atomic E-state index is -0.0579. The highest BCUT2D eigenvalue weighted by atomic mass is 35.5. The molecule has 2 amide bonds. The van der Waals surface area contributed by atoms with Gasteiger partial charge in [-0.25, -0.2) is 0 Å². The van der Waals surface area contributed by atoms with E-state index in [0.29, 0.717) is 6.42 Å². The van der Waals surface area contributed by atoms with Crippen LogP contribution in [0.4, 0.5) is 5.69 Å². The molecule has 134 valence electrons. The molecule has 0 aromatic heterocycles. The molecule has 1 saturated heterocycles. The molecule has 5 heteroatoms. The summed E-state index contributed by atoms with van der Waals surface area (Å²) in [4.78, 5) is 29.6. The zero-order valence-corrected chi connectivity index (χ0v) is 15.3. The van der Waals surface area contributed by atoms with Crippen molar-refractivity contribution in [2.75, 3.05) is 18.0 Å². The van der Waals surface area contributed by atoms with E-state index in [0.717, 1.165) is 74.3 Å². The molecule has 1 saturated carbocycles. The highest BCUT2D eigenvalue weighted by Crippen LogP contribution is 2.36.